The molecular weight excluding hydrogens is 369 g/mol. The van der Waals surface area contributed by atoms with Gasteiger partial charge in [0.2, 0.25) is 0 Å². The SMILES string of the molecule is C=CC(=O)[O-].CC(C)(C)P(CCP(C(C)(C)C)C(C)(C)C)C(C)(C)C.[Na+]. The van der Waals surface area contributed by atoms with E-state index in [2.05, 4.69) is 89.7 Å². The molecular formula is C21H43NaO2P2. The van der Waals surface area contributed by atoms with Crippen molar-refractivity contribution in [3.05, 3.63) is 12.7 Å². The van der Waals surface area contributed by atoms with Crippen LogP contribution in [0.25, 0.3) is 0 Å². The smallest absolute Gasteiger partial charge is 0.545 e. The van der Waals surface area contributed by atoms with Crippen LogP contribution in [0.3, 0.4) is 0 Å². The molecule has 0 aliphatic rings. The molecule has 0 spiro atoms. The average molecular weight is 413 g/mol. The van der Waals surface area contributed by atoms with E-state index in [1.807, 2.05) is 0 Å². The Morgan fingerprint density at radius 2 is 0.885 bits per heavy atom. The molecule has 0 aromatic carbocycles. The molecule has 0 bridgehead atoms. The molecule has 5 heteroatoms. The Balaban J connectivity index is -0.000000772. The molecule has 0 amide bonds. The van der Waals surface area contributed by atoms with Gasteiger partial charge in [0, 0.05) is 0 Å². The van der Waals surface area contributed by atoms with Crippen LogP contribution >= 0.6 is 15.8 Å². The second kappa shape index (κ2) is 11.9. The molecule has 0 aromatic heterocycles. The molecule has 0 atom stereocenters. The average Bonchev–Trinajstić information content (AvgIpc) is 2.28. The number of carboxylic acid groups (broad SMARTS) is 1. The van der Waals surface area contributed by atoms with Crippen LogP contribution in [-0.2, 0) is 4.79 Å². The van der Waals surface area contributed by atoms with Crippen molar-refractivity contribution in [1.82, 2.24) is 0 Å². The number of hydrogen-bond donors (Lipinski definition) is 0. The summed E-state index contributed by atoms with van der Waals surface area (Å²) in [7, 11) is 0.0933. The van der Waals surface area contributed by atoms with Gasteiger partial charge in [-0.2, -0.15) is 0 Å². The van der Waals surface area contributed by atoms with Crippen molar-refractivity contribution in [2.75, 3.05) is 12.3 Å². The number of carboxylic acids is 1. The molecule has 0 aliphatic heterocycles. The Labute approximate surface area is 189 Å². The zero-order chi connectivity index (χ0) is 20.9. The van der Waals surface area contributed by atoms with Gasteiger partial charge in [-0.1, -0.05) is 106 Å². The molecule has 0 fully saturated rings. The Morgan fingerprint density at radius 3 is 0.962 bits per heavy atom. The summed E-state index contributed by atoms with van der Waals surface area (Å²) >= 11 is 0. The van der Waals surface area contributed by atoms with Gasteiger partial charge in [0.15, 0.2) is 0 Å². The zero-order valence-corrected chi connectivity index (χ0v) is 23.7. The van der Waals surface area contributed by atoms with Gasteiger partial charge in [-0.05, 0) is 39.0 Å². The zero-order valence-electron chi connectivity index (χ0n) is 19.9. The largest absolute Gasteiger partial charge is 1.00 e. The summed E-state index contributed by atoms with van der Waals surface area (Å²) in [6, 6.07) is 0. The molecule has 2 nitrogen and oxygen atoms in total. The van der Waals surface area contributed by atoms with Crippen molar-refractivity contribution in [2.24, 2.45) is 0 Å². The number of aliphatic carboxylic acids is 1. The van der Waals surface area contributed by atoms with E-state index < -0.39 is 5.97 Å². The van der Waals surface area contributed by atoms with Crippen LogP contribution in [0.2, 0.25) is 0 Å². The minimum atomic E-state index is -1.23. The maximum absolute atomic E-state index is 9.14. The summed E-state index contributed by atoms with van der Waals surface area (Å²) in [6.07, 6.45) is 3.59. The standard InChI is InChI=1S/C18H40P2.C3H4O2.Na/c1-15(2,3)19(16(4,5)6)13-14-20(17(7,8)9)18(10,11)12;1-2-3(4)5;/h13-14H2,1-12H3;2H,1H2,(H,4,5);/q;;+1/p-1. The van der Waals surface area contributed by atoms with Gasteiger partial charge in [0.1, 0.15) is 0 Å². The minimum absolute atomic E-state index is 0. The first kappa shape index (κ1) is 31.8. The van der Waals surface area contributed by atoms with Crippen LogP contribution in [0.1, 0.15) is 83.1 Å². The maximum atomic E-state index is 9.14. The van der Waals surface area contributed by atoms with Crippen LogP contribution in [0, 0.1) is 0 Å². The van der Waals surface area contributed by atoms with Crippen LogP contribution < -0.4 is 34.7 Å². The summed E-state index contributed by atoms with van der Waals surface area (Å²) in [5.41, 5.74) is 0. The van der Waals surface area contributed by atoms with Crippen LogP contribution in [0.5, 0.6) is 0 Å². The Kier molecular flexibility index (Phi) is 14.6. The first-order chi connectivity index (χ1) is 10.7. The van der Waals surface area contributed by atoms with Crippen LogP contribution in [0.4, 0.5) is 0 Å². The van der Waals surface area contributed by atoms with Crippen molar-refractivity contribution in [2.45, 2.75) is 104 Å². The Hall–Kier alpha value is 1.07. The summed E-state index contributed by atoms with van der Waals surface area (Å²) in [5, 5.41) is 11.0. The molecule has 0 N–H and O–H groups in total. The fraction of sp³-hybridized carbons (Fsp3) is 0.857. The van der Waals surface area contributed by atoms with Crippen molar-refractivity contribution < 1.29 is 39.5 Å². The van der Waals surface area contributed by atoms with Gasteiger partial charge in [-0.3, -0.25) is 0 Å². The number of carbonyl (C=O) groups is 1. The van der Waals surface area contributed by atoms with E-state index >= 15 is 0 Å². The third-order valence-electron chi connectivity index (χ3n) is 3.95. The Morgan fingerprint density at radius 1 is 0.731 bits per heavy atom. The van der Waals surface area contributed by atoms with E-state index in [1.54, 1.807) is 0 Å². The van der Waals surface area contributed by atoms with Crippen LogP contribution in [0.15, 0.2) is 12.7 Å². The van der Waals surface area contributed by atoms with E-state index in [4.69, 9.17) is 9.90 Å². The predicted octanol–water partition coefficient (Wildman–Crippen LogP) is 3.07. The third kappa shape index (κ3) is 14.1. The second-order valence-electron chi connectivity index (χ2n) is 10.5. The first-order valence-corrected chi connectivity index (χ1v) is 12.2. The summed E-state index contributed by atoms with van der Waals surface area (Å²) in [5.74, 6) is -1.23. The van der Waals surface area contributed by atoms with E-state index in [9.17, 15) is 0 Å². The number of carbonyl (C=O) groups excluding carboxylic acids is 1. The maximum Gasteiger partial charge on any atom is 1.00 e. The monoisotopic (exact) mass is 412 g/mol. The summed E-state index contributed by atoms with van der Waals surface area (Å²) < 4.78 is 0. The minimum Gasteiger partial charge on any atom is -0.545 e. The van der Waals surface area contributed by atoms with E-state index in [0.29, 0.717) is 20.6 Å². The Bertz CT molecular complexity index is 361. The van der Waals surface area contributed by atoms with Gasteiger partial charge in [-0.15, -0.1) is 0 Å². The molecule has 0 aromatic rings. The molecule has 0 aliphatic carbocycles. The van der Waals surface area contributed by atoms with E-state index in [0.717, 1.165) is 6.08 Å². The van der Waals surface area contributed by atoms with Crippen molar-refractivity contribution in [1.29, 1.82) is 0 Å². The second-order valence-corrected chi connectivity index (χ2v) is 18.5. The summed E-state index contributed by atoms with van der Waals surface area (Å²) in [4.78, 5) is 9.14. The number of rotatable bonds is 4. The van der Waals surface area contributed by atoms with Gasteiger partial charge in [0.05, 0.1) is 5.97 Å². The molecule has 0 heterocycles. The molecule has 0 unspecified atom stereocenters. The van der Waals surface area contributed by atoms with Crippen molar-refractivity contribution in [3.63, 3.8) is 0 Å². The number of hydrogen-bond acceptors (Lipinski definition) is 2. The molecule has 0 rings (SSSR count). The van der Waals surface area contributed by atoms with E-state index in [1.165, 1.54) is 12.3 Å². The van der Waals surface area contributed by atoms with Gasteiger partial charge >= 0.3 is 29.6 Å². The predicted molar refractivity (Wildman–Crippen MR) is 118 cm³/mol. The molecule has 0 saturated carbocycles. The van der Waals surface area contributed by atoms with Gasteiger partial charge in [0.25, 0.3) is 0 Å². The topological polar surface area (TPSA) is 40.1 Å². The molecule has 150 valence electrons. The van der Waals surface area contributed by atoms with E-state index in [-0.39, 0.29) is 45.4 Å². The molecule has 0 saturated heterocycles. The first-order valence-electron chi connectivity index (χ1n) is 9.13. The van der Waals surface area contributed by atoms with Gasteiger partial charge in [-0.25, -0.2) is 0 Å². The van der Waals surface area contributed by atoms with Crippen molar-refractivity contribution in [3.8, 4) is 0 Å². The molecule has 0 radical (unpaired) electrons. The quantitative estimate of drug-likeness (QED) is 0.405. The fourth-order valence-corrected chi connectivity index (χ4v) is 11.9. The third-order valence-corrected chi connectivity index (χ3v) is 12.1. The summed E-state index contributed by atoms with van der Waals surface area (Å²) in [6.45, 7) is 32.2. The van der Waals surface area contributed by atoms with Gasteiger partial charge < -0.3 is 9.90 Å². The normalized spacial score (nSPS) is 13.0. The fourth-order valence-electron chi connectivity index (χ4n) is 3.55. The van der Waals surface area contributed by atoms with Crippen LogP contribution in [-0.4, -0.2) is 38.9 Å². The molecule has 26 heavy (non-hydrogen) atoms. The van der Waals surface area contributed by atoms with Crippen molar-refractivity contribution >= 4 is 21.8 Å².